The second-order valence-electron chi connectivity index (χ2n) is 6.57. The second-order valence-corrected chi connectivity index (χ2v) is 6.98. The molecule has 2 aromatic carbocycles. The van der Waals surface area contributed by atoms with Crippen LogP contribution in [0.1, 0.15) is 22.3 Å². The molecule has 0 radical (unpaired) electrons. The van der Waals surface area contributed by atoms with E-state index in [4.69, 9.17) is 21.4 Å². The Morgan fingerprint density at radius 1 is 1.25 bits per heavy atom. The summed E-state index contributed by atoms with van der Waals surface area (Å²) in [5.74, 6) is -1.73. The van der Waals surface area contributed by atoms with E-state index < -0.39 is 11.9 Å². The molecule has 1 fully saturated rings. The Hall–Kier alpha value is -3.06. The number of nitrogens with zero attached hydrogens (tertiary/aromatic N) is 1. The van der Waals surface area contributed by atoms with Gasteiger partial charge in [0.15, 0.2) is 0 Å². The number of carbonyl (C=O) groups excluding carboxylic acids is 2. The first kappa shape index (κ1) is 19.7. The quantitative estimate of drug-likeness (QED) is 0.799. The Balaban J connectivity index is 1.77. The molecule has 0 saturated carbocycles. The van der Waals surface area contributed by atoms with Crippen LogP contribution in [0.25, 0.3) is 0 Å². The van der Waals surface area contributed by atoms with Crippen molar-refractivity contribution in [3.8, 4) is 5.75 Å². The molecule has 2 amide bonds. The van der Waals surface area contributed by atoms with Crippen LogP contribution in [0.4, 0.5) is 11.4 Å². The average molecular weight is 403 g/mol. The number of carbonyl (C=O) groups is 3. The third-order valence-electron chi connectivity index (χ3n) is 4.59. The lowest BCUT2D eigenvalue weighted by Crippen LogP contribution is -2.28. The third-order valence-corrected chi connectivity index (χ3v) is 4.91. The number of carboxylic acids is 1. The van der Waals surface area contributed by atoms with Crippen molar-refractivity contribution in [3.63, 3.8) is 0 Å². The summed E-state index contributed by atoms with van der Waals surface area (Å²) in [6.45, 7) is 2.12. The summed E-state index contributed by atoms with van der Waals surface area (Å²) >= 11 is 5.85. The molecule has 0 bridgehead atoms. The van der Waals surface area contributed by atoms with Gasteiger partial charge in [-0.25, -0.2) is 4.79 Å². The van der Waals surface area contributed by atoms with Crippen LogP contribution in [0.2, 0.25) is 5.02 Å². The van der Waals surface area contributed by atoms with Gasteiger partial charge in [0.2, 0.25) is 11.8 Å². The van der Waals surface area contributed by atoms with Gasteiger partial charge in [-0.1, -0.05) is 17.7 Å². The van der Waals surface area contributed by atoms with Gasteiger partial charge in [0.05, 0.1) is 29.3 Å². The molecule has 7 nitrogen and oxygen atoms in total. The molecule has 146 valence electrons. The third kappa shape index (κ3) is 3.94. The van der Waals surface area contributed by atoms with Crippen molar-refractivity contribution in [2.45, 2.75) is 13.3 Å². The Bertz CT molecular complexity index is 960. The SMILES string of the molecule is COc1ccc(C)cc1N1CC(C(=O)Nc2ccc(Cl)c(C(=O)O)c2)CC1=O. The molecule has 28 heavy (non-hydrogen) atoms. The van der Waals surface area contributed by atoms with Crippen LogP contribution in [-0.2, 0) is 9.59 Å². The van der Waals surface area contributed by atoms with E-state index in [1.165, 1.54) is 25.3 Å². The van der Waals surface area contributed by atoms with E-state index in [2.05, 4.69) is 5.32 Å². The molecular formula is C20H19ClN2O5. The molecule has 3 rings (SSSR count). The number of amides is 2. The van der Waals surface area contributed by atoms with Crippen molar-refractivity contribution in [1.29, 1.82) is 0 Å². The zero-order chi connectivity index (χ0) is 20.4. The molecule has 0 aromatic heterocycles. The van der Waals surface area contributed by atoms with E-state index in [1.54, 1.807) is 11.0 Å². The van der Waals surface area contributed by atoms with Gasteiger partial charge in [-0.2, -0.15) is 0 Å². The van der Waals surface area contributed by atoms with Crippen LogP contribution in [0.3, 0.4) is 0 Å². The van der Waals surface area contributed by atoms with E-state index in [-0.39, 0.29) is 35.4 Å². The highest BCUT2D eigenvalue weighted by Crippen LogP contribution is 2.34. The number of carboxylic acid groups (broad SMARTS) is 1. The van der Waals surface area contributed by atoms with Gasteiger partial charge < -0.3 is 20.1 Å². The summed E-state index contributed by atoms with van der Waals surface area (Å²) in [6.07, 6.45) is 0.0578. The van der Waals surface area contributed by atoms with Crippen LogP contribution < -0.4 is 15.0 Å². The Labute approximate surface area is 166 Å². The number of hydrogen-bond acceptors (Lipinski definition) is 4. The van der Waals surface area contributed by atoms with E-state index in [1.807, 2.05) is 19.1 Å². The highest BCUT2D eigenvalue weighted by Gasteiger charge is 2.36. The van der Waals surface area contributed by atoms with Gasteiger partial charge in [0.25, 0.3) is 0 Å². The van der Waals surface area contributed by atoms with Crippen LogP contribution in [0.5, 0.6) is 5.75 Å². The monoisotopic (exact) mass is 402 g/mol. The Kier molecular flexibility index (Phi) is 5.56. The Morgan fingerprint density at radius 3 is 2.68 bits per heavy atom. The number of anilines is 2. The normalized spacial score (nSPS) is 16.2. The number of hydrogen-bond donors (Lipinski definition) is 2. The molecule has 1 saturated heterocycles. The second kappa shape index (κ2) is 7.90. The smallest absolute Gasteiger partial charge is 0.337 e. The van der Waals surface area contributed by atoms with E-state index in [0.29, 0.717) is 17.1 Å². The first-order valence-electron chi connectivity index (χ1n) is 8.59. The first-order chi connectivity index (χ1) is 13.3. The molecule has 1 aliphatic rings. The first-order valence-corrected chi connectivity index (χ1v) is 8.96. The van der Waals surface area contributed by atoms with Crippen molar-refractivity contribution in [2.24, 2.45) is 5.92 Å². The average Bonchev–Trinajstić information content (AvgIpc) is 3.04. The lowest BCUT2D eigenvalue weighted by molar-refractivity contribution is -0.122. The summed E-state index contributed by atoms with van der Waals surface area (Å²) in [4.78, 5) is 37.9. The predicted octanol–water partition coefficient (Wildman–Crippen LogP) is 3.35. The largest absolute Gasteiger partial charge is 0.495 e. The predicted molar refractivity (Wildman–Crippen MR) is 105 cm³/mol. The molecule has 0 aliphatic carbocycles. The van der Waals surface area contributed by atoms with Crippen LogP contribution in [0.15, 0.2) is 36.4 Å². The molecule has 0 spiro atoms. The van der Waals surface area contributed by atoms with Crippen LogP contribution >= 0.6 is 11.6 Å². The van der Waals surface area contributed by atoms with Gasteiger partial charge >= 0.3 is 5.97 Å². The van der Waals surface area contributed by atoms with E-state index >= 15 is 0 Å². The lowest BCUT2D eigenvalue weighted by atomic mass is 10.1. The number of aromatic carboxylic acids is 1. The van der Waals surface area contributed by atoms with Crippen molar-refractivity contribution in [3.05, 3.63) is 52.5 Å². The van der Waals surface area contributed by atoms with Crippen molar-refractivity contribution in [2.75, 3.05) is 23.9 Å². The maximum atomic E-state index is 12.6. The standard InChI is InChI=1S/C20H19ClN2O5/c1-11-3-6-17(28-2)16(7-11)23-10-12(8-18(23)24)19(25)22-13-4-5-15(21)14(9-13)20(26)27/h3-7,9,12H,8,10H2,1-2H3,(H,22,25)(H,26,27). The molecule has 1 atom stereocenters. The fourth-order valence-electron chi connectivity index (χ4n) is 3.14. The fourth-order valence-corrected chi connectivity index (χ4v) is 3.34. The number of aryl methyl sites for hydroxylation is 1. The maximum Gasteiger partial charge on any atom is 0.337 e. The van der Waals surface area contributed by atoms with Gasteiger partial charge in [-0.3, -0.25) is 9.59 Å². The summed E-state index contributed by atoms with van der Waals surface area (Å²) in [7, 11) is 1.53. The van der Waals surface area contributed by atoms with Crippen molar-refractivity contribution < 1.29 is 24.2 Å². The summed E-state index contributed by atoms with van der Waals surface area (Å²) in [5, 5.41) is 11.9. The highest BCUT2D eigenvalue weighted by molar-refractivity contribution is 6.33. The van der Waals surface area contributed by atoms with Crippen molar-refractivity contribution >= 4 is 40.8 Å². The van der Waals surface area contributed by atoms with Gasteiger partial charge in [-0.05, 0) is 42.8 Å². The molecule has 1 unspecified atom stereocenters. The van der Waals surface area contributed by atoms with Gasteiger partial charge in [0, 0.05) is 18.7 Å². The minimum absolute atomic E-state index is 0.0578. The fraction of sp³-hybridized carbons (Fsp3) is 0.250. The Morgan fingerprint density at radius 2 is 2.00 bits per heavy atom. The number of ether oxygens (including phenoxy) is 1. The number of benzene rings is 2. The number of halogens is 1. The van der Waals surface area contributed by atoms with Crippen LogP contribution in [-0.4, -0.2) is 36.5 Å². The van der Waals surface area contributed by atoms with E-state index in [9.17, 15) is 14.4 Å². The number of methoxy groups -OCH3 is 1. The molecule has 2 aromatic rings. The number of rotatable bonds is 5. The summed E-state index contributed by atoms with van der Waals surface area (Å²) < 4.78 is 5.34. The zero-order valence-corrected chi connectivity index (χ0v) is 16.1. The van der Waals surface area contributed by atoms with Gasteiger partial charge in [-0.15, -0.1) is 0 Å². The maximum absolute atomic E-state index is 12.6. The molecule has 1 aliphatic heterocycles. The van der Waals surface area contributed by atoms with E-state index in [0.717, 1.165) is 5.56 Å². The van der Waals surface area contributed by atoms with Crippen molar-refractivity contribution in [1.82, 2.24) is 0 Å². The van der Waals surface area contributed by atoms with Crippen LogP contribution in [0, 0.1) is 12.8 Å². The molecule has 2 N–H and O–H groups in total. The summed E-state index contributed by atoms with van der Waals surface area (Å²) in [6, 6.07) is 9.73. The van der Waals surface area contributed by atoms with Gasteiger partial charge in [0.1, 0.15) is 5.75 Å². The lowest BCUT2D eigenvalue weighted by Gasteiger charge is -2.20. The molecule has 8 heteroatoms. The number of nitrogens with one attached hydrogen (secondary N) is 1. The topological polar surface area (TPSA) is 95.9 Å². The minimum Gasteiger partial charge on any atom is -0.495 e. The highest BCUT2D eigenvalue weighted by atomic mass is 35.5. The molecular weight excluding hydrogens is 384 g/mol. The summed E-state index contributed by atoms with van der Waals surface area (Å²) in [5.41, 5.74) is 1.81. The minimum atomic E-state index is -1.19. The molecule has 1 heterocycles. The zero-order valence-electron chi connectivity index (χ0n) is 15.4.